The van der Waals surface area contributed by atoms with E-state index >= 15 is 0 Å². The molecular formula is C6H8FN3O2S. The number of nitro groups is 1. The monoisotopic (exact) mass is 205 g/mol. The molecule has 0 spiro atoms. The van der Waals surface area contributed by atoms with Crippen LogP contribution in [0.4, 0.5) is 14.5 Å². The van der Waals surface area contributed by atoms with Gasteiger partial charge in [0, 0.05) is 0 Å². The molecule has 0 fully saturated rings. The standard InChI is InChI=1S/C6H8FN3O2S/c1-4(2-7)9-6-8-3-5(13-6)10(11)12/h3-4H,2H2,1H3,(H,8,9)/t4-/m0/s1. The molecule has 0 saturated carbocycles. The maximum Gasteiger partial charge on any atom is 0.345 e. The lowest BCUT2D eigenvalue weighted by Crippen LogP contribution is -2.16. The van der Waals surface area contributed by atoms with E-state index in [4.69, 9.17) is 0 Å². The highest BCUT2D eigenvalue weighted by molar-refractivity contribution is 7.18. The number of rotatable bonds is 4. The summed E-state index contributed by atoms with van der Waals surface area (Å²) < 4.78 is 12.0. The highest BCUT2D eigenvalue weighted by Crippen LogP contribution is 2.25. The average Bonchev–Trinajstić information content (AvgIpc) is 2.52. The summed E-state index contributed by atoms with van der Waals surface area (Å²) in [6, 6.07) is -0.370. The Balaban J connectivity index is 2.64. The van der Waals surface area contributed by atoms with E-state index in [0.29, 0.717) is 5.13 Å². The van der Waals surface area contributed by atoms with Crippen LogP contribution in [0.1, 0.15) is 6.92 Å². The molecule has 0 aliphatic carbocycles. The third-order valence-corrected chi connectivity index (χ3v) is 2.15. The number of thiazole rings is 1. The van der Waals surface area contributed by atoms with Gasteiger partial charge in [0.25, 0.3) is 0 Å². The Morgan fingerprint density at radius 1 is 1.92 bits per heavy atom. The van der Waals surface area contributed by atoms with Crippen molar-refractivity contribution in [2.24, 2.45) is 0 Å². The lowest BCUT2D eigenvalue weighted by atomic mass is 10.4. The number of halogens is 1. The zero-order valence-corrected chi connectivity index (χ0v) is 7.68. The fourth-order valence-corrected chi connectivity index (χ4v) is 1.41. The summed E-state index contributed by atoms with van der Waals surface area (Å²) in [6.45, 7) is 1.10. The van der Waals surface area contributed by atoms with Crippen LogP contribution in [0.5, 0.6) is 0 Å². The van der Waals surface area contributed by atoms with Crippen LogP contribution in [0.25, 0.3) is 0 Å². The summed E-state index contributed by atoms with van der Waals surface area (Å²) in [7, 11) is 0. The van der Waals surface area contributed by atoms with Crippen LogP contribution in [-0.2, 0) is 0 Å². The molecule has 0 aromatic carbocycles. The van der Waals surface area contributed by atoms with Crippen LogP contribution in [0.2, 0.25) is 0 Å². The van der Waals surface area contributed by atoms with E-state index in [9.17, 15) is 14.5 Å². The molecule has 7 heteroatoms. The molecule has 0 aliphatic heterocycles. The Hall–Kier alpha value is -1.24. The van der Waals surface area contributed by atoms with Gasteiger partial charge < -0.3 is 5.32 Å². The Labute approximate surface area is 77.8 Å². The second kappa shape index (κ2) is 4.13. The summed E-state index contributed by atoms with van der Waals surface area (Å²) in [5.41, 5.74) is 0. The van der Waals surface area contributed by atoms with E-state index in [1.54, 1.807) is 6.92 Å². The van der Waals surface area contributed by atoms with Gasteiger partial charge in [-0.3, -0.25) is 10.1 Å². The number of aromatic nitrogens is 1. The molecular weight excluding hydrogens is 197 g/mol. The van der Waals surface area contributed by atoms with Crippen molar-refractivity contribution in [1.29, 1.82) is 0 Å². The summed E-state index contributed by atoms with van der Waals surface area (Å²) in [4.78, 5) is 13.4. The minimum atomic E-state index is -0.534. The van der Waals surface area contributed by atoms with Gasteiger partial charge in [-0.15, -0.1) is 0 Å². The van der Waals surface area contributed by atoms with Gasteiger partial charge in [0.15, 0.2) is 5.13 Å². The predicted octanol–water partition coefficient (Wildman–Crippen LogP) is 1.82. The molecule has 0 unspecified atom stereocenters. The van der Waals surface area contributed by atoms with Crippen molar-refractivity contribution < 1.29 is 9.31 Å². The molecule has 0 bridgehead atoms. The summed E-state index contributed by atoms with van der Waals surface area (Å²) in [6.07, 6.45) is 1.15. The first-order valence-electron chi connectivity index (χ1n) is 3.56. The molecule has 1 aromatic heterocycles. The predicted molar refractivity (Wildman–Crippen MR) is 47.8 cm³/mol. The van der Waals surface area contributed by atoms with Crippen molar-refractivity contribution >= 4 is 21.5 Å². The summed E-state index contributed by atoms with van der Waals surface area (Å²) in [5, 5.41) is 13.3. The Morgan fingerprint density at radius 2 is 2.62 bits per heavy atom. The van der Waals surface area contributed by atoms with Crippen molar-refractivity contribution in [1.82, 2.24) is 4.98 Å². The Kier molecular flexibility index (Phi) is 3.13. The third kappa shape index (κ3) is 2.62. The number of hydrogen-bond donors (Lipinski definition) is 1. The second-order valence-corrected chi connectivity index (χ2v) is 3.47. The van der Waals surface area contributed by atoms with E-state index in [-0.39, 0.29) is 11.0 Å². The molecule has 0 saturated heterocycles. The van der Waals surface area contributed by atoms with Crippen molar-refractivity contribution in [2.75, 3.05) is 12.0 Å². The van der Waals surface area contributed by atoms with Gasteiger partial charge >= 0.3 is 5.00 Å². The number of nitrogens with zero attached hydrogens (tertiary/aromatic N) is 2. The fraction of sp³-hybridized carbons (Fsp3) is 0.500. The lowest BCUT2D eigenvalue weighted by molar-refractivity contribution is -0.380. The van der Waals surface area contributed by atoms with Crippen molar-refractivity contribution in [3.8, 4) is 0 Å². The minimum Gasteiger partial charge on any atom is -0.356 e. The number of anilines is 1. The highest BCUT2D eigenvalue weighted by Gasteiger charge is 2.12. The average molecular weight is 205 g/mol. The van der Waals surface area contributed by atoms with Gasteiger partial charge in [-0.25, -0.2) is 9.37 Å². The molecule has 72 valence electrons. The minimum absolute atomic E-state index is 0.0476. The van der Waals surface area contributed by atoms with Gasteiger partial charge in [-0.2, -0.15) is 0 Å². The van der Waals surface area contributed by atoms with Crippen molar-refractivity contribution in [3.63, 3.8) is 0 Å². The molecule has 0 aliphatic rings. The van der Waals surface area contributed by atoms with E-state index in [0.717, 1.165) is 17.5 Å². The highest BCUT2D eigenvalue weighted by atomic mass is 32.1. The molecule has 1 atom stereocenters. The first-order chi connectivity index (χ1) is 6.13. The van der Waals surface area contributed by atoms with E-state index in [2.05, 4.69) is 10.3 Å². The van der Waals surface area contributed by atoms with Crippen molar-refractivity contribution in [2.45, 2.75) is 13.0 Å². The molecule has 0 amide bonds. The van der Waals surface area contributed by atoms with Crippen LogP contribution in [-0.4, -0.2) is 22.6 Å². The third-order valence-electron chi connectivity index (χ3n) is 1.27. The van der Waals surface area contributed by atoms with Gasteiger partial charge in [-0.05, 0) is 18.3 Å². The smallest absolute Gasteiger partial charge is 0.345 e. The quantitative estimate of drug-likeness (QED) is 0.601. The molecule has 0 radical (unpaired) electrons. The zero-order chi connectivity index (χ0) is 9.84. The summed E-state index contributed by atoms with van der Waals surface area (Å²) >= 11 is 0.897. The first kappa shape index (κ1) is 9.85. The topological polar surface area (TPSA) is 68.1 Å². The molecule has 1 aromatic rings. The summed E-state index contributed by atoms with van der Waals surface area (Å²) in [5.74, 6) is 0. The van der Waals surface area contributed by atoms with Gasteiger partial charge in [0.05, 0.1) is 11.0 Å². The first-order valence-corrected chi connectivity index (χ1v) is 4.38. The van der Waals surface area contributed by atoms with Crippen molar-refractivity contribution in [3.05, 3.63) is 16.3 Å². The van der Waals surface area contributed by atoms with Crippen LogP contribution >= 0.6 is 11.3 Å². The van der Waals surface area contributed by atoms with E-state index in [1.807, 2.05) is 0 Å². The number of hydrogen-bond acceptors (Lipinski definition) is 5. The molecule has 1 N–H and O–H groups in total. The molecule has 1 rings (SSSR count). The van der Waals surface area contributed by atoms with E-state index < -0.39 is 11.6 Å². The SMILES string of the molecule is C[C@@H](CF)Nc1ncc([N+](=O)[O-])s1. The number of nitrogens with one attached hydrogen (secondary N) is 1. The zero-order valence-electron chi connectivity index (χ0n) is 6.86. The van der Waals surface area contributed by atoms with Gasteiger partial charge in [0.1, 0.15) is 12.9 Å². The van der Waals surface area contributed by atoms with Crippen LogP contribution in [0.3, 0.4) is 0 Å². The molecule has 5 nitrogen and oxygen atoms in total. The van der Waals surface area contributed by atoms with Crippen LogP contribution < -0.4 is 5.32 Å². The maximum absolute atomic E-state index is 12.0. The number of alkyl halides is 1. The van der Waals surface area contributed by atoms with E-state index in [1.165, 1.54) is 0 Å². The maximum atomic E-state index is 12.0. The van der Waals surface area contributed by atoms with Gasteiger partial charge in [-0.1, -0.05) is 0 Å². The molecule has 13 heavy (non-hydrogen) atoms. The van der Waals surface area contributed by atoms with Gasteiger partial charge in [0.2, 0.25) is 0 Å². The largest absolute Gasteiger partial charge is 0.356 e. The fourth-order valence-electron chi connectivity index (χ4n) is 0.666. The van der Waals surface area contributed by atoms with Crippen LogP contribution in [0.15, 0.2) is 6.20 Å². The lowest BCUT2D eigenvalue weighted by Gasteiger charge is -2.05. The molecule has 1 heterocycles. The Morgan fingerprint density at radius 3 is 3.08 bits per heavy atom. The Bertz CT molecular complexity index is 304. The van der Waals surface area contributed by atoms with Crippen LogP contribution in [0, 0.1) is 10.1 Å². The normalized spacial score (nSPS) is 12.5. The second-order valence-electron chi connectivity index (χ2n) is 2.46.